The van der Waals surface area contributed by atoms with E-state index in [0.717, 1.165) is 38.2 Å². The molecule has 4 nitrogen and oxygen atoms in total. The summed E-state index contributed by atoms with van der Waals surface area (Å²) in [6.45, 7) is 0.365. The lowest BCUT2D eigenvalue weighted by atomic mass is 9.93. The highest BCUT2D eigenvalue weighted by molar-refractivity contribution is 7.21. The summed E-state index contributed by atoms with van der Waals surface area (Å²) in [5.74, 6) is 0.645. The van der Waals surface area contributed by atoms with Gasteiger partial charge in [0.25, 0.3) is 5.91 Å². The molecule has 1 aliphatic carbocycles. The van der Waals surface area contributed by atoms with E-state index in [2.05, 4.69) is 16.4 Å². The highest BCUT2D eigenvalue weighted by atomic mass is 32.1. The van der Waals surface area contributed by atoms with Crippen molar-refractivity contribution in [2.24, 2.45) is 0 Å². The molecule has 2 heterocycles. The van der Waals surface area contributed by atoms with E-state index in [1.165, 1.54) is 17.8 Å². The molecule has 0 aliphatic heterocycles. The fourth-order valence-corrected chi connectivity index (χ4v) is 5.16. The number of thiophene rings is 1. The number of para-hydroxylation sites is 1. The van der Waals surface area contributed by atoms with E-state index in [0.29, 0.717) is 23.3 Å². The Morgan fingerprint density at radius 2 is 1.85 bits per heavy atom. The molecule has 0 radical (unpaired) electrons. The lowest BCUT2D eigenvalue weighted by Gasteiger charge is -2.26. The maximum absolute atomic E-state index is 12.8. The van der Waals surface area contributed by atoms with Crippen molar-refractivity contribution in [1.29, 1.82) is 0 Å². The Morgan fingerprint density at radius 3 is 2.63 bits per heavy atom. The highest BCUT2D eigenvalue weighted by Gasteiger charge is 2.25. The number of nitrogens with zero attached hydrogens (tertiary/aromatic N) is 1. The summed E-state index contributed by atoms with van der Waals surface area (Å²) in [5, 5.41) is 5.03. The summed E-state index contributed by atoms with van der Waals surface area (Å²) in [5.41, 5.74) is 0.985. The van der Waals surface area contributed by atoms with Crippen LogP contribution >= 0.6 is 22.7 Å². The summed E-state index contributed by atoms with van der Waals surface area (Å²) in [4.78, 5) is 18.1. The van der Waals surface area contributed by atoms with Crippen molar-refractivity contribution < 1.29 is 9.53 Å². The van der Waals surface area contributed by atoms with E-state index >= 15 is 0 Å². The fourth-order valence-electron chi connectivity index (χ4n) is 3.23. The highest BCUT2D eigenvalue weighted by Crippen LogP contribution is 2.39. The monoisotopic (exact) mass is 394 g/mol. The smallest absolute Gasteiger partial charge is 0.265 e. The third kappa shape index (κ3) is 3.19. The first-order valence-corrected chi connectivity index (χ1v) is 10.7. The summed E-state index contributed by atoms with van der Waals surface area (Å²) in [7, 11) is 0. The van der Waals surface area contributed by atoms with E-state index in [1.54, 1.807) is 11.3 Å². The van der Waals surface area contributed by atoms with Gasteiger partial charge in [-0.3, -0.25) is 4.79 Å². The maximum atomic E-state index is 12.8. The molecular formula is C21H18N2O2S2. The Morgan fingerprint density at radius 1 is 1.07 bits per heavy atom. The topological polar surface area (TPSA) is 51.2 Å². The number of aromatic nitrogens is 1. The molecule has 1 amide bonds. The number of carbonyl (C=O) groups is 1. The van der Waals surface area contributed by atoms with Gasteiger partial charge in [-0.05, 0) is 43.5 Å². The van der Waals surface area contributed by atoms with E-state index in [4.69, 9.17) is 4.74 Å². The SMILES string of the molecule is O=C(NC1CCC1)c1sc2ccccc2c1OCc1nc2ccccc2s1. The van der Waals surface area contributed by atoms with Crippen molar-refractivity contribution in [1.82, 2.24) is 10.3 Å². The Labute approximate surface area is 164 Å². The number of benzene rings is 2. The number of rotatable bonds is 5. The second-order valence-electron chi connectivity index (χ2n) is 6.72. The van der Waals surface area contributed by atoms with Gasteiger partial charge in [-0.15, -0.1) is 22.7 Å². The van der Waals surface area contributed by atoms with Gasteiger partial charge in [-0.2, -0.15) is 0 Å². The molecule has 4 aromatic rings. The molecule has 0 unspecified atom stereocenters. The molecule has 0 spiro atoms. The summed E-state index contributed by atoms with van der Waals surface area (Å²) in [6.07, 6.45) is 3.33. The molecule has 0 saturated heterocycles. The average molecular weight is 395 g/mol. The average Bonchev–Trinajstić information content (AvgIpc) is 3.23. The lowest BCUT2D eigenvalue weighted by molar-refractivity contribution is 0.0917. The molecule has 136 valence electrons. The molecule has 6 heteroatoms. The molecule has 27 heavy (non-hydrogen) atoms. The molecule has 0 atom stereocenters. The first-order chi connectivity index (χ1) is 13.3. The third-order valence-corrected chi connectivity index (χ3v) is 7.04. The van der Waals surface area contributed by atoms with Crippen LogP contribution in [0.2, 0.25) is 0 Å². The number of hydrogen-bond donors (Lipinski definition) is 1. The first kappa shape index (κ1) is 16.7. The molecule has 2 aromatic carbocycles. The number of ether oxygens (including phenoxy) is 1. The van der Waals surface area contributed by atoms with Crippen LogP contribution in [0.3, 0.4) is 0 Å². The number of thiazole rings is 1. The van der Waals surface area contributed by atoms with Gasteiger partial charge in [0.05, 0.1) is 10.2 Å². The van der Waals surface area contributed by atoms with Crippen LogP contribution in [0.4, 0.5) is 0 Å². The van der Waals surface area contributed by atoms with E-state index < -0.39 is 0 Å². The molecule has 1 aliphatic rings. The molecule has 1 fully saturated rings. The second kappa shape index (κ2) is 6.94. The number of carbonyl (C=O) groups excluding carboxylic acids is 1. The number of amides is 1. The standard InChI is InChI=1S/C21H18N2O2S2/c24-21(22-13-6-5-7-13)20-19(14-8-1-3-10-16(14)27-20)25-12-18-23-15-9-2-4-11-17(15)26-18/h1-4,8-11,13H,5-7,12H2,(H,22,24). The number of nitrogens with one attached hydrogen (secondary N) is 1. The summed E-state index contributed by atoms with van der Waals surface area (Å²) >= 11 is 3.12. The Balaban J connectivity index is 1.45. The predicted molar refractivity (Wildman–Crippen MR) is 111 cm³/mol. The number of fused-ring (bicyclic) bond motifs is 2. The second-order valence-corrected chi connectivity index (χ2v) is 8.89. The minimum absolute atomic E-state index is 0.0276. The van der Waals surface area contributed by atoms with Gasteiger partial charge in [0.1, 0.15) is 16.5 Å². The van der Waals surface area contributed by atoms with E-state index in [1.807, 2.05) is 42.5 Å². The van der Waals surface area contributed by atoms with Crippen LogP contribution in [-0.4, -0.2) is 16.9 Å². The zero-order valence-electron chi connectivity index (χ0n) is 14.6. The van der Waals surface area contributed by atoms with Crippen LogP contribution in [0.15, 0.2) is 48.5 Å². The zero-order valence-corrected chi connectivity index (χ0v) is 16.2. The maximum Gasteiger partial charge on any atom is 0.265 e. The summed E-state index contributed by atoms with van der Waals surface area (Å²) < 4.78 is 8.37. The van der Waals surface area contributed by atoms with Gasteiger partial charge in [-0.25, -0.2) is 4.98 Å². The van der Waals surface area contributed by atoms with Crippen LogP contribution in [0.25, 0.3) is 20.3 Å². The molecule has 1 saturated carbocycles. The normalized spacial score (nSPS) is 14.4. The van der Waals surface area contributed by atoms with Crippen LogP contribution in [0, 0.1) is 0 Å². The minimum Gasteiger partial charge on any atom is -0.484 e. The molecule has 5 rings (SSSR count). The Bertz CT molecular complexity index is 1090. The van der Waals surface area contributed by atoms with Gasteiger partial charge in [0, 0.05) is 16.1 Å². The van der Waals surface area contributed by atoms with Crippen LogP contribution in [0.1, 0.15) is 33.9 Å². The van der Waals surface area contributed by atoms with Crippen molar-refractivity contribution >= 4 is 48.9 Å². The molecule has 1 N–H and O–H groups in total. The minimum atomic E-state index is -0.0276. The van der Waals surface area contributed by atoms with Crippen molar-refractivity contribution in [3.05, 3.63) is 58.4 Å². The summed E-state index contributed by atoms with van der Waals surface area (Å²) in [6, 6.07) is 16.4. The Hall–Kier alpha value is -2.44. The third-order valence-electron chi connectivity index (χ3n) is 4.87. The predicted octanol–water partition coefficient (Wildman–Crippen LogP) is 5.37. The first-order valence-electron chi connectivity index (χ1n) is 9.07. The van der Waals surface area contributed by atoms with E-state index in [-0.39, 0.29) is 5.91 Å². The Kier molecular flexibility index (Phi) is 4.30. The van der Waals surface area contributed by atoms with Crippen LogP contribution in [0.5, 0.6) is 5.75 Å². The van der Waals surface area contributed by atoms with Gasteiger partial charge >= 0.3 is 0 Å². The fraction of sp³-hybridized carbons (Fsp3) is 0.238. The van der Waals surface area contributed by atoms with Gasteiger partial charge in [0.15, 0.2) is 5.75 Å². The lowest BCUT2D eigenvalue weighted by Crippen LogP contribution is -2.39. The van der Waals surface area contributed by atoms with Crippen LogP contribution < -0.4 is 10.1 Å². The number of hydrogen-bond acceptors (Lipinski definition) is 5. The largest absolute Gasteiger partial charge is 0.484 e. The van der Waals surface area contributed by atoms with Crippen molar-refractivity contribution in [2.75, 3.05) is 0 Å². The van der Waals surface area contributed by atoms with Gasteiger partial charge < -0.3 is 10.1 Å². The zero-order chi connectivity index (χ0) is 18.2. The van der Waals surface area contributed by atoms with Crippen LogP contribution in [-0.2, 0) is 6.61 Å². The van der Waals surface area contributed by atoms with Gasteiger partial charge in [0.2, 0.25) is 0 Å². The van der Waals surface area contributed by atoms with Crippen molar-refractivity contribution in [2.45, 2.75) is 31.9 Å². The van der Waals surface area contributed by atoms with Crippen molar-refractivity contribution in [3.8, 4) is 5.75 Å². The molecule has 2 aromatic heterocycles. The quantitative estimate of drug-likeness (QED) is 0.495. The molecule has 0 bridgehead atoms. The molecular weight excluding hydrogens is 376 g/mol. The van der Waals surface area contributed by atoms with Crippen molar-refractivity contribution in [3.63, 3.8) is 0 Å². The van der Waals surface area contributed by atoms with E-state index in [9.17, 15) is 4.79 Å². The van der Waals surface area contributed by atoms with Gasteiger partial charge in [-0.1, -0.05) is 24.3 Å².